The zero-order valence-electron chi connectivity index (χ0n) is 12.3. The molecule has 0 bridgehead atoms. The first kappa shape index (κ1) is 14.3. The molecule has 0 N–H and O–H groups in total. The fourth-order valence-corrected chi connectivity index (χ4v) is 4.36. The zero-order valence-corrected chi connectivity index (χ0v) is 13.1. The minimum Gasteiger partial charge on any atom is -0.363 e. The highest BCUT2D eigenvalue weighted by molar-refractivity contribution is 7.80. The number of piperidine rings is 1. The molecule has 0 aromatic carbocycles. The average molecular weight is 267 g/mol. The lowest BCUT2D eigenvalue weighted by molar-refractivity contribution is 0.212. The van der Waals surface area contributed by atoms with E-state index in [0.29, 0.717) is 12.0 Å². The van der Waals surface area contributed by atoms with Gasteiger partial charge in [0.25, 0.3) is 0 Å². The van der Waals surface area contributed by atoms with E-state index in [1.54, 1.807) is 0 Å². The lowest BCUT2D eigenvalue weighted by atomic mass is 9.79. The lowest BCUT2D eigenvalue weighted by Crippen LogP contribution is -2.47. The summed E-state index contributed by atoms with van der Waals surface area (Å²) in [4.78, 5) is 3.77. The molecule has 1 aliphatic heterocycles. The molecule has 1 saturated carbocycles. The van der Waals surface area contributed by atoms with Gasteiger partial charge in [-0.25, -0.2) is 0 Å². The van der Waals surface area contributed by atoms with E-state index < -0.39 is 0 Å². The Labute approximate surface area is 118 Å². The second kappa shape index (κ2) is 6.36. The molecular weight excluding hydrogens is 238 g/mol. The van der Waals surface area contributed by atoms with Crippen LogP contribution in [0.4, 0.5) is 0 Å². The molecule has 0 amide bonds. The third-order valence-electron chi connectivity index (χ3n) is 5.03. The Balaban J connectivity index is 2.05. The molecule has 104 valence electrons. The first-order valence-corrected chi connectivity index (χ1v) is 8.31. The quantitative estimate of drug-likeness (QED) is 0.636. The molecule has 1 aliphatic carbocycles. The van der Waals surface area contributed by atoms with Crippen molar-refractivity contribution in [1.82, 2.24) is 4.90 Å². The topological polar surface area (TPSA) is 3.24 Å². The Morgan fingerprint density at radius 3 is 2.50 bits per heavy atom. The maximum absolute atomic E-state index is 5.81. The predicted octanol–water partition coefficient (Wildman–Crippen LogP) is 4.65. The molecule has 2 heteroatoms. The summed E-state index contributed by atoms with van der Waals surface area (Å²) in [7, 11) is 0. The van der Waals surface area contributed by atoms with Gasteiger partial charge in [0.05, 0.1) is 4.99 Å². The molecular formula is C16H29NS. The van der Waals surface area contributed by atoms with Gasteiger partial charge in [0.2, 0.25) is 0 Å². The van der Waals surface area contributed by atoms with Gasteiger partial charge in [0.1, 0.15) is 0 Å². The van der Waals surface area contributed by atoms with Crippen molar-refractivity contribution in [3.63, 3.8) is 0 Å². The summed E-state index contributed by atoms with van der Waals surface area (Å²) in [6.07, 6.45) is 9.78. The first-order valence-electron chi connectivity index (χ1n) is 7.90. The SMILES string of the molecule is CC1CCCCC2C(=S)N(C(C)C)CCC2CC1. The highest BCUT2D eigenvalue weighted by Crippen LogP contribution is 2.36. The van der Waals surface area contributed by atoms with E-state index in [4.69, 9.17) is 12.2 Å². The second-order valence-electron chi connectivity index (χ2n) is 6.75. The monoisotopic (exact) mass is 267 g/mol. The summed E-state index contributed by atoms with van der Waals surface area (Å²) in [6.45, 7) is 8.20. The van der Waals surface area contributed by atoms with Crippen molar-refractivity contribution in [2.75, 3.05) is 6.54 Å². The number of hydrogen-bond donors (Lipinski definition) is 0. The number of hydrogen-bond acceptors (Lipinski definition) is 1. The summed E-state index contributed by atoms with van der Waals surface area (Å²) in [5.74, 6) is 2.52. The van der Waals surface area contributed by atoms with E-state index in [1.807, 2.05) is 0 Å². The maximum Gasteiger partial charge on any atom is 0.0815 e. The van der Waals surface area contributed by atoms with Gasteiger partial charge in [0, 0.05) is 18.5 Å². The molecule has 2 aliphatic rings. The van der Waals surface area contributed by atoms with Crippen LogP contribution < -0.4 is 0 Å². The molecule has 3 atom stereocenters. The summed E-state index contributed by atoms with van der Waals surface area (Å²) < 4.78 is 0. The first-order chi connectivity index (χ1) is 8.59. The highest BCUT2D eigenvalue weighted by atomic mass is 32.1. The Bertz CT molecular complexity index is 287. The van der Waals surface area contributed by atoms with Crippen molar-refractivity contribution in [2.24, 2.45) is 17.8 Å². The molecule has 0 aromatic heterocycles. The van der Waals surface area contributed by atoms with Gasteiger partial charge < -0.3 is 4.90 Å². The number of thiocarbonyl (C=S) groups is 1. The number of likely N-dealkylation sites (tertiary alicyclic amines) is 1. The fraction of sp³-hybridized carbons (Fsp3) is 0.938. The van der Waals surface area contributed by atoms with Crippen molar-refractivity contribution in [2.45, 2.75) is 71.8 Å². The summed E-state index contributed by atoms with van der Waals surface area (Å²) in [6, 6.07) is 0.588. The molecule has 0 aromatic rings. The summed E-state index contributed by atoms with van der Waals surface area (Å²) in [5, 5.41) is 0. The predicted molar refractivity (Wildman–Crippen MR) is 82.9 cm³/mol. The number of nitrogens with zero attached hydrogens (tertiary/aromatic N) is 1. The Kier molecular flexibility index (Phi) is 5.06. The molecule has 2 fully saturated rings. The van der Waals surface area contributed by atoms with Crippen LogP contribution in [0, 0.1) is 17.8 Å². The normalized spacial score (nSPS) is 34.8. The molecule has 1 heterocycles. The van der Waals surface area contributed by atoms with Crippen LogP contribution in [-0.2, 0) is 0 Å². The Hall–Kier alpha value is -0.110. The third-order valence-corrected chi connectivity index (χ3v) is 5.56. The van der Waals surface area contributed by atoms with Crippen LogP contribution >= 0.6 is 12.2 Å². The molecule has 0 radical (unpaired) electrons. The average Bonchev–Trinajstić information content (AvgIpc) is 2.41. The molecule has 1 saturated heterocycles. The third kappa shape index (κ3) is 3.26. The van der Waals surface area contributed by atoms with Gasteiger partial charge in [-0.3, -0.25) is 0 Å². The van der Waals surface area contributed by atoms with Gasteiger partial charge in [-0.2, -0.15) is 0 Å². The summed E-state index contributed by atoms with van der Waals surface area (Å²) >= 11 is 5.81. The molecule has 0 spiro atoms. The van der Waals surface area contributed by atoms with Gasteiger partial charge in [0.15, 0.2) is 0 Å². The second-order valence-corrected chi connectivity index (χ2v) is 7.17. The summed E-state index contributed by atoms with van der Waals surface area (Å²) in [5.41, 5.74) is 0. The largest absolute Gasteiger partial charge is 0.363 e. The lowest BCUT2D eigenvalue weighted by Gasteiger charge is -2.42. The van der Waals surface area contributed by atoms with Crippen LogP contribution in [0.5, 0.6) is 0 Å². The highest BCUT2D eigenvalue weighted by Gasteiger charge is 2.34. The molecule has 1 nitrogen and oxygen atoms in total. The van der Waals surface area contributed by atoms with E-state index in [9.17, 15) is 0 Å². The minimum atomic E-state index is 0.588. The molecule has 18 heavy (non-hydrogen) atoms. The van der Waals surface area contributed by atoms with Crippen LogP contribution in [0.15, 0.2) is 0 Å². The van der Waals surface area contributed by atoms with Crippen LogP contribution in [0.25, 0.3) is 0 Å². The standard InChI is InChI=1S/C16H29NS/c1-12(2)17-11-10-14-9-8-13(3)6-4-5-7-15(14)16(17)18/h12-15H,4-11H2,1-3H3. The van der Waals surface area contributed by atoms with E-state index >= 15 is 0 Å². The van der Waals surface area contributed by atoms with Crippen molar-refractivity contribution in [3.8, 4) is 0 Å². The zero-order chi connectivity index (χ0) is 13.1. The Morgan fingerprint density at radius 2 is 1.78 bits per heavy atom. The maximum atomic E-state index is 5.81. The van der Waals surface area contributed by atoms with Crippen molar-refractivity contribution < 1.29 is 0 Å². The van der Waals surface area contributed by atoms with Crippen molar-refractivity contribution in [3.05, 3.63) is 0 Å². The van der Waals surface area contributed by atoms with Crippen LogP contribution in [-0.4, -0.2) is 22.5 Å². The van der Waals surface area contributed by atoms with Gasteiger partial charge >= 0.3 is 0 Å². The van der Waals surface area contributed by atoms with Gasteiger partial charge in [-0.15, -0.1) is 0 Å². The number of rotatable bonds is 1. The fourth-order valence-electron chi connectivity index (χ4n) is 3.75. The van der Waals surface area contributed by atoms with Crippen LogP contribution in [0.3, 0.4) is 0 Å². The van der Waals surface area contributed by atoms with Gasteiger partial charge in [-0.1, -0.05) is 44.8 Å². The van der Waals surface area contributed by atoms with Crippen LogP contribution in [0.2, 0.25) is 0 Å². The Morgan fingerprint density at radius 1 is 1.06 bits per heavy atom. The van der Waals surface area contributed by atoms with Crippen molar-refractivity contribution in [1.29, 1.82) is 0 Å². The van der Waals surface area contributed by atoms with E-state index in [1.165, 1.54) is 56.5 Å². The van der Waals surface area contributed by atoms with E-state index in [0.717, 1.165) is 11.8 Å². The molecule has 3 unspecified atom stereocenters. The molecule has 2 rings (SSSR count). The number of fused-ring (bicyclic) bond motifs is 1. The van der Waals surface area contributed by atoms with Gasteiger partial charge in [-0.05, 0) is 44.9 Å². The smallest absolute Gasteiger partial charge is 0.0815 e. The van der Waals surface area contributed by atoms with Crippen LogP contribution in [0.1, 0.15) is 65.7 Å². The van der Waals surface area contributed by atoms with E-state index in [2.05, 4.69) is 25.7 Å². The van der Waals surface area contributed by atoms with Crippen molar-refractivity contribution >= 4 is 17.2 Å². The van der Waals surface area contributed by atoms with E-state index in [-0.39, 0.29) is 0 Å². The minimum absolute atomic E-state index is 0.588.